The highest BCUT2D eigenvalue weighted by Crippen LogP contribution is 2.26. The molecule has 1 aromatic carbocycles. The Morgan fingerprint density at radius 2 is 2.00 bits per heavy atom. The van der Waals surface area contributed by atoms with E-state index < -0.39 is 0 Å². The van der Waals surface area contributed by atoms with Crippen LogP contribution in [0.25, 0.3) is 5.57 Å². The number of hydrogen-bond donors (Lipinski definition) is 0. The van der Waals surface area contributed by atoms with Crippen LogP contribution in [0.2, 0.25) is 0 Å². The molecule has 0 radical (unpaired) electrons. The first-order valence-electron chi connectivity index (χ1n) is 7.84. The van der Waals surface area contributed by atoms with Crippen LogP contribution in [0, 0.1) is 5.92 Å². The third kappa shape index (κ3) is 4.10. The van der Waals surface area contributed by atoms with Crippen LogP contribution in [-0.2, 0) is 0 Å². The van der Waals surface area contributed by atoms with E-state index in [1.807, 2.05) is 0 Å². The highest BCUT2D eigenvalue weighted by atomic mass is 15.1. The highest BCUT2D eigenvalue weighted by Gasteiger charge is 2.18. The zero-order valence-electron chi connectivity index (χ0n) is 13.8. The minimum atomic E-state index is 0.803. The van der Waals surface area contributed by atoms with Gasteiger partial charge in [-0.05, 0) is 56.4 Å². The number of nitrogens with zero attached hydrogens (tertiary/aromatic N) is 1. The summed E-state index contributed by atoms with van der Waals surface area (Å²) in [6.45, 7) is 15.3. The second kappa shape index (κ2) is 6.80. The van der Waals surface area contributed by atoms with Gasteiger partial charge < -0.3 is 4.90 Å². The van der Waals surface area contributed by atoms with Crippen molar-refractivity contribution in [3.05, 3.63) is 59.7 Å². The van der Waals surface area contributed by atoms with Gasteiger partial charge in [0.1, 0.15) is 0 Å². The van der Waals surface area contributed by atoms with E-state index in [4.69, 9.17) is 0 Å². The Morgan fingerprint density at radius 3 is 2.62 bits per heavy atom. The summed E-state index contributed by atoms with van der Waals surface area (Å²) in [7, 11) is 0. The standard InChI is InChI=1S/C20H27N/c1-15(2)17(4)9-10-18(5)19-7-6-8-20(13-19)21-12-11-16(3)14-21/h6-10,13,16H,5,11-12,14H2,1-4H3/b10-9-. The first-order valence-corrected chi connectivity index (χ1v) is 7.84. The van der Waals surface area contributed by atoms with E-state index in [9.17, 15) is 0 Å². The molecule has 1 unspecified atom stereocenters. The second-order valence-corrected chi connectivity index (χ2v) is 6.43. The SMILES string of the molecule is C=C(/C=C\C(C)=C(C)C)c1cccc(N2CCC(C)C2)c1. The van der Waals surface area contributed by atoms with Gasteiger partial charge in [-0.3, -0.25) is 0 Å². The monoisotopic (exact) mass is 281 g/mol. The number of anilines is 1. The molecule has 1 nitrogen and oxygen atoms in total. The first kappa shape index (κ1) is 15.6. The summed E-state index contributed by atoms with van der Waals surface area (Å²) in [6, 6.07) is 8.76. The Bertz CT molecular complexity index is 573. The largest absolute Gasteiger partial charge is 0.371 e. The van der Waals surface area contributed by atoms with Crippen LogP contribution in [0.15, 0.2) is 54.1 Å². The van der Waals surface area contributed by atoms with Gasteiger partial charge in [0, 0.05) is 18.8 Å². The van der Waals surface area contributed by atoms with Crippen LogP contribution >= 0.6 is 0 Å². The molecule has 2 rings (SSSR count). The lowest BCUT2D eigenvalue weighted by Crippen LogP contribution is -2.18. The summed E-state index contributed by atoms with van der Waals surface area (Å²) < 4.78 is 0. The number of benzene rings is 1. The molecular weight excluding hydrogens is 254 g/mol. The van der Waals surface area contributed by atoms with Crippen LogP contribution in [0.5, 0.6) is 0 Å². The average Bonchev–Trinajstić information content (AvgIpc) is 2.91. The van der Waals surface area contributed by atoms with Gasteiger partial charge in [0.05, 0.1) is 0 Å². The van der Waals surface area contributed by atoms with Crippen LogP contribution < -0.4 is 4.90 Å². The highest BCUT2D eigenvalue weighted by molar-refractivity contribution is 5.75. The van der Waals surface area contributed by atoms with Crippen LogP contribution in [0.3, 0.4) is 0 Å². The van der Waals surface area contributed by atoms with Crippen molar-refractivity contribution in [3.8, 4) is 0 Å². The summed E-state index contributed by atoms with van der Waals surface area (Å²) in [6.07, 6.45) is 5.57. The van der Waals surface area contributed by atoms with E-state index in [-0.39, 0.29) is 0 Å². The van der Waals surface area contributed by atoms with Gasteiger partial charge in [-0.25, -0.2) is 0 Å². The van der Waals surface area contributed by atoms with Crippen LogP contribution in [-0.4, -0.2) is 13.1 Å². The summed E-state index contributed by atoms with van der Waals surface area (Å²) >= 11 is 0. The molecule has 0 spiro atoms. The molecule has 1 aliphatic heterocycles. The van der Waals surface area contributed by atoms with Gasteiger partial charge in [-0.1, -0.05) is 48.9 Å². The van der Waals surface area contributed by atoms with Gasteiger partial charge in [0.15, 0.2) is 0 Å². The van der Waals surface area contributed by atoms with Crippen molar-refractivity contribution in [1.29, 1.82) is 0 Å². The molecule has 0 amide bonds. The lowest BCUT2D eigenvalue weighted by Gasteiger charge is -2.19. The minimum absolute atomic E-state index is 0.803. The maximum Gasteiger partial charge on any atom is 0.0372 e. The molecule has 1 aromatic rings. The summed E-state index contributed by atoms with van der Waals surface area (Å²) in [4.78, 5) is 2.48. The topological polar surface area (TPSA) is 3.24 Å². The zero-order valence-corrected chi connectivity index (χ0v) is 13.8. The second-order valence-electron chi connectivity index (χ2n) is 6.43. The molecule has 1 heterocycles. The van der Waals surface area contributed by atoms with Crippen molar-refractivity contribution in [1.82, 2.24) is 0 Å². The molecule has 1 atom stereocenters. The van der Waals surface area contributed by atoms with Crippen molar-refractivity contribution >= 4 is 11.3 Å². The van der Waals surface area contributed by atoms with Crippen molar-refractivity contribution in [3.63, 3.8) is 0 Å². The maximum atomic E-state index is 4.21. The van der Waals surface area contributed by atoms with E-state index in [0.29, 0.717) is 0 Å². The van der Waals surface area contributed by atoms with Gasteiger partial charge in [-0.2, -0.15) is 0 Å². The fraction of sp³-hybridized carbons (Fsp3) is 0.400. The predicted molar refractivity (Wildman–Crippen MR) is 94.7 cm³/mol. The molecular formula is C20H27N. The van der Waals surface area contributed by atoms with Gasteiger partial charge in [0.25, 0.3) is 0 Å². The number of hydrogen-bond acceptors (Lipinski definition) is 1. The van der Waals surface area contributed by atoms with Crippen LogP contribution in [0.1, 0.15) is 39.7 Å². The molecule has 0 saturated carbocycles. The van der Waals surface area contributed by atoms with Crippen molar-refractivity contribution in [2.75, 3.05) is 18.0 Å². The normalized spacial score (nSPS) is 18.3. The molecule has 1 fully saturated rings. The van der Waals surface area contributed by atoms with Crippen molar-refractivity contribution in [2.45, 2.75) is 34.1 Å². The van der Waals surface area contributed by atoms with E-state index in [1.165, 1.54) is 41.9 Å². The molecule has 1 aliphatic rings. The summed E-state index contributed by atoms with van der Waals surface area (Å²) in [5.74, 6) is 0.803. The van der Waals surface area contributed by atoms with E-state index in [1.54, 1.807) is 0 Å². The van der Waals surface area contributed by atoms with Gasteiger partial charge >= 0.3 is 0 Å². The quantitative estimate of drug-likeness (QED) is 0.662. The van der Waals surface area contributed by atoms with Gasteiger partial charge in [0.2, 0.25) is 0 Å². The third-order valence-corrected chi connectivity index (χ3v) is 4.33. The lowest BCUT2D eigenvalue weighted by molar-refractivity contribution is 0.659. The fourth-order valence-electron chi connectivity index (χ4n) is 2.56. The predicted octanol–water partition coefficient (Wildman–Crippen LogP) is 5.46. The Balaban J connectivity index is 2.14. The summed E-state index contributed by atoms with van der Waals surface area (Å²) in [5, 5.41) is 0. The van der Waals surface area contributed by atoms with Crippen molar-refractivity contribution in [2.24, 2.45) is 5.92 Å². The Morgan fingerprint density at radius 1 is 1.24 bits per heavy atom. The molecule has 0 N–H and O–H groups in total. The average molecular weight is 281 g/mol. The summed E-state index contributed by atoms with van der Waals surface area (Å²) in [5.41, 5.74) is 6.26. The van der Waals surface area contributed by atoms with E-state index in [0.717, 1.165) is 11.5 Å². The molecule has 21 heavy (non-hydrogen) atoms. The molecule has 0 aliphatic carbocycles. The Hall–Kier alpha value is -1.76. The third-order valence-electron chi connectivity index (χ3n) is 4.33. The van der Waals surface area contributed by atoms with Gasteiger partial charge in [-0.15, -0.1) is 0 Å². The molecule has 1 saturated heterocycles. The molecule has 0 bridgehead atoms. The Kier molecular flexibility index (Phi) is 5.06. The lowest BCUT2D eigenvalue weighted by atomic mass is 10.0. The molecule has 1 heteroatoms. The molecule has 112 valence electrons. The minimum Gasteiger partial charge on any atom is -0.371 e. The molecule has 0 aromatic heterocycles. The van der Waals surface area contributed by atoms with Crippen LogP contribution in [0.4, 0.5) is 5.69 Å². The number of allylic oxidation sites excluding steroid dienone is 5. The zero-order chi connectivity index (χ0) is 15.4. The van der Waals surface area contributed by atoms with E-state index >= 15 is 0 Å². The maximum absolute atomic E-state index is 4.21. The Labute approximate surface area is 129 Å². The fourth-order valence-corrected chi connectivity index (χ4v) is 2.56. The van der Waals surface area contributed by atoms with Crippen molar-refractivity contribution < 1.29 is 0 Å². The van der Waals surface area contributed by atoms with E-state index in [2.05, 4.69) is 75.6 Å². The first-order chi connectivity index (χ1) is 9.97. The number of rotatable bonds is 4. The smallest absolute Gasteiger partial charge is 0.0372 e.